The minimum absolute atomic E-state index is 0.0154. The number of anilines is 6. The first-order valence-corrected chi connectivity index (χ1v) is 13.9. The molecular formula is C28H32Cl2N8O5. The fraction of sp³-hybridized carbons (Fsp3) is 0.286. The Bertz CT molecular complexity index is 1500. The van der Waals surface area contributed by atoms with Crippen LogP contribution in [-0.2, 0) is 4.79 Å². The van der Waals surface area contributed by atoms with Crippen LogP contribution in [0, 0.1) is 0 Å². The second-order valence-corrected chi connectivity index (χ2v) is 10.2. The molecule has 13 nitrogen and oxygen atoms in total. The van der Waals surface area contributed by atoms with Crippen LogP contribution in [0.25, 0.3) is 0 Å². The Morgan fingerprint density at radius 1 is 1.09 bits per heavy atom. The number of carbonyl (C=O) groups is 2. The van der Waals surface area contributed by atoms with Crippen molar-refractivity contribution in [1.29, 1.82) is 0 Å². The van der Waals surface area contributed by atoms with Crippen molar-refractivity contribution in [2.75, 3.05) is 79.2 Å². The Morgan fingerprint density at radius 2 is 1.84 bits per heavy atom. The van der Waals surface area contributed by atoms with Crippen LogP contribution in [0.5, 0.6) is 11.5 Å². The number of hydrogen-bond acceptors (Lipinski definition) is 10. The first kappa shape index (κ1) is 31.6. The molecule has 0 spiro atoms. The number of halogens is 2. The summed E-state index contributed by atoms with van der Waals surface area (Å²) in [5, 5.41) is 27.7. The highest BCUT2D eigenvalue weighted by molar-refractivity contribution is 6.41. The summed E-state index contributed by atoms with van der Waals surface area (Å²) >= 11 is 12.5. The lowest BCUT2D eigenvalue weighted by atomic mass is 10.2. The van der Waals surface area contributed by atoms with Crippen molar-refractivity contribution in [2.45, 2.75) is 0 Å². The highest BCUT2D eigenvalue weighted by atomic mass is 35.5. The molecule has 2 aromatic carbocycles. The van der Waals surface area contributed by atoms with E-state index in [-0.39, 0.29) is 45.6 Å². The number of ether oxygens (including phenoxy) is 1. The number of benzene rings is 2. The van der Waals surface area contributed by atoms with Gasteiger partial charge in [0.2, 0.25) is 5.91 Å². The van der Waals surface area contributed by atoms with Gasteiger partial charge in [0.1, 0.15) is 39.5 Å². The van der Waals surface area contributed by atoms with Gasteiger partial charge in [0, 0.05) is 57.6 Å². The molecule has 1 aromatic heterocycles. The number of phenolic OH excluding ortho intramolecular Hbond substituents is 1. The summed E-state index contributed by atoms with van der Waals surface area (Å²) in [6.07, 6.45) is 2.46. The van der Waals surface area contributed by atoms with Crippen LogP contribution in [0.1, 0.15) is 0 Å². The number of aromatic hydroxyl groups is 1. The number of piperazine rings is 1. The molecule has 43 heavy (non-hydrogen) atoms. The summed E-state index contributed by atoms with van der Waals surface area (Å²) in [7, 11) is 2.85. The van der Waals surface area contributed by atoms with Crippen LogP contribution >= 0.6 is 23.2 Å². The molecule has 3 aromatic rings. The number of aromatic nitrogens is 2. The molecule has 3 amide bonds. The molecule has 228 valence electrons. The number of aliphatic hydroxyl groups excluding tert-OH is 1. The number of methoxy groups -OCH3 is 1. The zero-order valence-electron chi connectivity index (χ0n) is 23.6. The van der Waals surface area contributed by atoms with Crippen molar-refractivity contribution in [1.82, 2.24) is 14.9 Å². The minimum Gasteiger partial charge on any atom is -0.506 e. The minimum atomic E-state index is -0.650. The van der Waals surface area contributed by atoms with E-state index in [1.165, 1.54) is 37.5 Å². The van der Waals surface area contributed by atoms with Gasteiger partial charge >= 0.3 is 6.03 Å². The van der Waals surface area contributed by atoms with Gasteiger partial charge in [-0.05, 0) is 24.3 Å². The third kappa shape index (κ3) is 7.56. The summed E-state index contributed by atoms with van der Waals surface area (Å²) in [5.74, 6) is 0.00403. The maximum absolute atomic E-state index is 13.1. The summed E-state index contributed by atoms with van der Waals surface area (Å²) < 4.78 is 5.13. The van der Waals surface area contributed by atoms with Crippen molar-refractivity contribution in [3.8, 4) is 11.5 Å². The number of amides is 3. The van der Waals surface area contributed by atoms with Crippen molar-refractivity contribution >= 4 is 69.5 Å². The molecule has 0 aliphatic carbocycles. The zero-order valence-corrected chi connectivity index (χ0v) is 25.1. The molecule has 0 saturated carbocycles. The van der Waals surface area contributed by atoms with E-state index in [0.29, 0.717) is 23.7 Å². The summed E-state index contributed by atoms with van der Waals surface area (Å²) in [6, 6.07) is 7.76. The largest absolute Gasteiger partial charge is 0.506 e. The molecule has 5 N–H and O–H groups in total. The average Bonchev–Trinajstić information content (AvgIpc) is 3.02. The van der Waals surface area contributed by atoms with E-state index in [4.69, 9.17) is 27.9 Å². The molecule has 0 unspecified atom stereocenters. The van der Waals surface area contributed by atoms with Gasteiger partial charge in [-0.25, -0.2) is 14.8 Å². The molecule has 1 aliphatic rings. The van der Waals surface area contributed by atoms with Crippen molar-refractivity contribution in [3.05, 3.63) is 59.4 Å². The Kier molecular flexibility index (Phi) is 10.5. The lowest BCUT2D eigenvalue weighted by molar-refractivity contribution is -0.111. The molecule has 0 bridgehead atoms. The molecule has 0 atom stereocenters. The summed E-state index contributed by atoms with van der Waals surface area (Å²) in [4.78, 5) is 39.4. The Labute approximate surface area is 258 Å². The van der Waals surface area contributed by atoms with Crippen LogP contribution in [0.4, 0.5) is 39.2 Å². The number of urea groups is 1. The van der Waals surface area contributed by atoms with Gasteiger partial charge in [-0.2, -0.15) is 0 Å². The van der Waals surface area contributed by atoms with Crippen LogP contribution in [-0.4, -0.2) is 90.5 Å². The van der Waals surface area contributed by atoms with Gasteiger partial charge in [0.25, 0.3) is 0 Å². The third-order valence-electron chi connectivity index (χ3n) is 6.76. The third-order valence-corrected chi connectivity index (χ3v) is 7.52. The van der Waals surface area contributed by atoms with E-state index in [1.807, 2.05) is 18.2 Å². The fourth-order valence-electron chi connectivity index (χ4n) is 4.38. The highest BCUT2D eigenvalue weighted by Crippen LogP contribution is 2.43. The average molecular weight is 632 g/mol. The van der Waals surface area contributed by atoms with Crippen molar-refractivity contribution < 1.29 is 24.5 Å². The van der Waals surface area contributed by atoms with E-state index in [2.05, 4.69) is 42.3 Å². The van der Waals surface area contributed by atoms with E-state index >= 15 is 0 Å². The number of carbonyl (C=O) groups excluding carboxylic acids is 2. The molecule has 0 radical (unpaired) electrons. The van der Waals surface area contributed by atoms with E-state index in [1.54, 1.807) is 6.07 Å². The van der Waals surface area contributed by atoms with E-state index in [0.717, 1.165) is 31.9 Å². The molecular weight excluding hydrogens is 599 g/mol. The fourth-order valence-corrected chi connectivity index (χ4v) is 4.90. The maximum atomic E-state index is 13.1. The maximum Gasteiger partial charge on any atom is 0.327 e. The Balaban J connectivity index is 1.53. The van der Waals surface area contributed by atoms with Gasteiger partial charge in [0.05, 0.1) is 30.8 Å². The second kappa shape index (κ2) is 14.2. The number of β-amino-alcohol motifs (C(OH)–C–C–N with tert-alkyl or cyclic N) is 1. The standard InChI is InChI=1S/C28H32Cl2N8O5/c1-4-24(41)34-19-13-17(38-9-7-37(8-10-38)11-12-39)5-6-18(19)33-22-15-23(32-16-31-22)36(2)28(42)35-27-25(29)20(40)14-21(43-3)26(27)30/h4-6,13-16,39-40H,1,7-12H2,2-3H3,(H,34,41)(H,35,42)(H,31,32,33). The number of nitrogens with one attached hydrogen (secondary N) is 3. The van der Waals surface area contributed by atoms with E-state index in [9.17, 15) is 19.8 Å². The lowest BCUT2D eigenvalue weighted by Crippen LogP contribution is -2.47. The van der Waals surface area contributed by atoms with Gasteiger partial charge in [-0.3, -0.25) is 14.6 Å². The smallest absolute Gasteiger partial charge is 0.327 e. The quantitative estimate of drug-likeness (QED) is 0.206. The second-order valence-electron chi connectivity index (χ2n) is 9.45. The van der Waals surface area contributed by atoms with Gasteiger partial charge in [-0.15, -0.1) is 0 Å². The molecule has 1 saturated heterocycles. The number of aliphatic hydroxyl groups is 1. The number of hydrogen-bond donors (Lipinski definition) is 5. The van der Waals surface area contributed by atoms with Crippen LogP contribution < -0.4 is 30.5 Å². The van der Waals surface area contributed by atoms with Crippen LogP contribution in [0.3, 0.4) is 0 Å². The zero-order chi connectivity index (χ0) is 31.1. The normalized spacial score (nSPS) is 13.3. The molecule has 1 aliphatic heterocycles. The number of phenols is 1. The molecule has 15 heteroatoms. The predicted molar refractivity (Wildman–Crippen MR) is 168 cm³/mol. The first-order valence-electron chi connectivity index (χ1n) is 13.2. The summed E-state index contributed by atoms with van der Waals surface area (Å²) in [6.45, 7) is 7.49. The monoisotopic (exact) mass is 630 g/mol. The van der Waals surface area contributed by atoms with E-state index < -0.39 is 6.03 Å². The number of nitrogens with zero attached hydrogens (tertiary/aromatic N) is 5. The number of rotatable bonds is 10. The summed E-state index contributed by atoms with van der Waals surface area (Å²) in [5.41, 5.74) is 1.96. The molecule has 1 fully saturated rings. The van der Waals surface area contributed by atoms with Crippen LogP contribution in [0.15, 0.2) is 49.3 Å². The van der Waals surface area contributed by atoms with Crippen molar-refractivity contribution in [2.24, 2.45) is 0 Å². The predicted octanol–water partition coefficient (Wildman–Crippen LogP) is 4.15. The molecule has 4 rings (SSSR count). The SMILES string of the molecule is C=CC(=O)Nc1cc(N2CCN(CCO)CC2)ccc1Nc1cc(N(C)C(=O)Nc2c(Cl)c(O)cc(OC)c2Cl)ncn1. The highest BCUT2D eigenvalue weighted by Gasteiger charge is 2.22. The van der Waals surface area contributed by atoms with Crippen LogP contribution in [0.2, 0.25) is 10.0 Å². The first-order chi connectivity index (χ1) is 20.6. The Hall–Kier alpha value is -4.30. The lowest BCUT2D eigenvalue weighted by Gasteiger charge is -2.36. The van der Waals surface area contributed by atoms with Gasteiger partial charge in [-0.1, -0.05) is 29.8 Å². The Morgan fingerprint density at radius 3 is 2.51 bits per heavy atom. The van der Waals surface area contributed by atoms with Crippen molar-refractivity contribution in [3.63, 3.8) is 0 Å². The molecule has 2 heterocycles. The van der Waals surface area contributed by atoms with Gasteiger partial charge in [0.15, 0.2) is 0 Å². The van der Waals surface area contributed by atoms with Gasteiger partial charge < -0.3 is 35.8 Å². The topological polar surface area (TPSA) is 155 Å².